The number of phenols is 1. The van der Waals surface area contributed by atoms with E-state index >= 15 is 0 Å². The number of phenolic OH excluding ortho intramolecular Hbond substituents is 1. The summed E-state index contributed by atoms with van der Waals surface area (Å²) < 4.78 is 0. The summed E-state index contributed by atoms with van der Waals surface area (Å²) in [5.74, 6) is -2.72. The highest BCUT2D eigenvalue weighted by atomic mass is 16.4. The number of aliphatic carboxylic acids is 1. The molecule has 0 aliphatic carbocycles. The Morgan fingerprint density at radius 3 is 2.19 bits per heavy atom. The lowest BCUT2D eigenvalue weighted by Gasteiger charge is -2.24. The van der Waals surface area contributed by atoms with Crippen LogP contribution in [0.5, 0.6) is 5.75 Å². The molecule has 0 radical (unpaired) electrons. The molecular formula is C20H32N6O5. The smallest absolute Gasteiger partial charge is 0.326 e. The van der Waals surface area contributed by atoms with Gasteiger partial charge in [-0.3, -0.25) is 14.6 Å². The molecule has 1 aromatic rings. The molecule has 3 atom stereocenters. The van der Waals surface area contributed by atoms with Crippen LogP contribution in [0, 0.1) is 5.92 Å². The van der Waals surface area contributed by atoms with Gasteiger partial charge in [-0.1, -0.05) is 26.0 Å². The fourth-order valence-corrected chi connectivity index (χ4v) is 2.77. The Labute approximate surface area is 181 Å². The molecule has 1 aromatic carbocycles. The number of benzene rings is 1. The number of hydrogen-bond acceptors (Lipinski definition) is 6. The van der Waals surface area contributed by atoms with Crippen molar-refractivity contribution in [2.24, 2.45) is 28.1 Å². The molecule has 0 bridgehead atoms. The van der Waals surface area contributed by atoms with Crippen molar-refractivity contribution >= 4 is 23.7 Å². The van der Waals surface area contributed by atoms with Crippen LogP contribution < -0.4 is 27.8 Å². The number of rotatable bonds is 12. The van der Waals surface area contributed by atoms with Crippen molar-refractivity contribution in [1.29, 1.82) is 0 Å². The van der Waals surface area contributed by atoms with E-state index < -0.39 is 35.9 Å². The Morgan fingerprint density at radius 2 is 1.68 bits per heavy atom. The van der Waals surface area contributed by atoms with Crippen LogP contribution in [0.4, 0.5) is 0 Å². The molecule has 3 unspecified atom stereocenters. The molecule has 0 spiro atoms. The van der Waals surface area contributed by atoms with E-state index in [0.29, 0.717) is 24.9 Å². The second kappa shape index (κ2) is 12.4. The summed E-state index contributed by atoms with van der Waals surface area (Å²) in [6.07, 6.45) is 0.846. The van der Waals surface area contributed by atoms with E-state index in [0.717, 1.165) is 0 Å². The molecule has 0 saturated carbocycles. The highest BCUT2D eigenvalue weighted by molar-refractivity contribution is 5.92. The third-order valence-electron chi connectivity index (χ3n) is 4.54. The molecule has 2 amide bonds. The predicted molar refractivity (Wildman–Crippen MR) is 116 cm³/mol. The lowest BCUT2D eigenvalue weighted by Crippen LogP contribution is -2.56. The van der Waals surface area contributed by atoms with Crippen LogP contribution in [-0.2, 0) is 20.8 Å². The van der Waals surface area contributed by atoms with E-state index in [1.165, 1.54) is 12.1 Å². The first kappa shape index (κ1) is 25.7. The van der Waals surface area contributed by atoms with Gasteiger partial charge in [-0.05, 0) is 36.5 Å². The standard InChI is InChI=1S/C20H32N6O5/c1-11(2)16(19(30)31)26-18(29)15(10-12-5-7-13(27)8-6-12)25-17(28)14(21)4-3-9-24-20(22)23/h5-8,11,14-16,27H,3-4,9-10,21H2,1-2H3,(H,25,28)(H,26,29)(H,30,31)(H4,22,23,24). The third-order valence-corrected chi connectivity index (χ3v) is 4.54. The molecule has 1 rings (SSSR count). The zero-order valence-corrected chi connectivity index (χ0v) is 17.7. The summed E-state index contributed by atoms with van der Waals surface area (Å²) in [5.41, 5.74) is 17.1. The van der Waals surface area contributed by atoms with Crippen LogP contribution >= 0.6 is 0 Å². The second-order valence-electron chi connectivity index (χ2n) is 7.56. The van der Waals surface area contributed by atoms with E-state index in [4.69, 9.17) is 17.2 Å². The molecule has 0 aliphatic heterocycles. The largest absolute Gasteiger partial charge is 0.508 e. The number of carboxylic acid groups (broad SMARTS) is 1. The quantitative estimate of drug-likeness (QED) is 0.123. The van der Waals surface area contributed by atoms with Gasteiger partial charge >= 0.3 is 5.97 Å². The first-order chi connectivity index (χ1) is 14.5. The number of carbonyl (C=O) groups excluding carboxylic acids is 2. The molecule has 11 nitrogen and oxygen atoms in total. The Kier molecular flexibility index (Phi) is 10.3. The second-order valence-corrected chi connectivity index (χ2v) is 7.56. The molecule has 11 heteroatoms. The summed E-state index contributed by atoms with van der Waals surface area (Å²) >= 11 is 0. The number of amides is 2. The van der Waals surface area contributed by atoms with E-state index in [1.54, 1.807) is 26.0 Å². The number of hydrogen-bond donors (Lipinski definition) is 7. The van der Waals surface area contributed by atoms with Crippen molar-refractivity contribution in [2.75, 3.05) is 6.54 Å². The molecule has 0 saturated heterocycles. The van der Waals surface area contributed by atoms with Gasteiger partial charge in [-0.25, -0.2) is 4.79 Å². The van der Waals surface area contributed by atoms with Crippen LogP contribution in [0.1, 0.15) is 32.3 Å². The number of nitrogens with zero attached hydrogens (tertiary/aromatic N) is 1. The average molecular weight is 437 g/mol. The fraction of sp³-hybridized carbons (Fsp3) is 0.500. The normalized spacial score (nSPS) is 13.7. The van der Waals surface area contributed by atoms with Crippen LogP contribution in [0.3, 0.4) is 0 Å². The van der Waals surface area contributed by atoms with Crippen molar-refractivity contribution in [2.45, 2.75) is 51.2 Å². The van der Waals surface area contributed by atoms with E-state index in [9.17, 15) is 24.6 Å². The maximum atomic E-state index is 12.8. The van der Waals surface area contributed by atoms with Crippen LogP contribution in [0.15, 0.2) is 29.3 Å². The number of carbonyl (C=O) groups is 3. The predicted octanol–water partition coefficient (Wildman–Crippen LogP) is -0.974. The van der Waals surface area contributed by atoms with E-state index in [-0.39, 0.29) is 24.0 Å². The van der Waals surface area contributed by atoms with Gasteiger partial charge in [-0.2, -0.15) is 0 Å². The van der Waals surface area contributed by atoms with E-state index in [1.807, 2.05) is 0 Å². The molecule has 0 heterocycles. The minimum absolute atomic E-state index is 0.0539. The molecule has 0 aromatic heterocycles. The van der Waals surface area contributed by atoms with Gasteiger partial charge in [0, 0.05) is 13.0 Å². The van der Waals surface area contributed by atoms with Crippen LogP contribution in [0.25, 0.3) is 0 Å². The van der Waals surface area contributed by atoms with Crippen molar-refractivity contribution in [1.82, 2.24) is 10.6 Å². The minimum atomic E-state index is -1.17. The van der Waals surface area contributed by atoms with Gasteiger partial charge < -0.3 is 38.0 Å². The number of carboxylic acids is 1. The van der Waals surface area contributed by atoms with Crippen LogP contribution in [-0.4, -0.2) is 58.6 Å². The first-order valence-corrected chi connectivity index (χ1v) is 9.93. The number of aromatic hydroxyl groups is 1. The zero-order chi connectivity index (χ0) is 23.6. The van der Waals surface area contributed by atoms with Gasteiger partial charge in [0.1, 0.15) is 17.8 Å². The molecule has 0 aliphatic rings. The van der Waals surface area contributed by atoms with Crippen LogP contribution in [0.2, 0.25) is 0 Å². The summed E-state index contributed by atoms with van der Waals surface area (Å²) in [7, 11) is 0. The summed E-state index contributed by atoms with van der Waals surface area (Å²) in [4.78, 5) is 40.6. The maximum absolute atomic E-state index is 12.8. The van der Waals surface area contributed by atoms with Crippen molar-refractivity contribution in [3.05, 3.63) is 29.8 Å². The van der Waals surface area contributed by atoms with E-state index in [2.05, 4.69) is 15.6 Å². The topological polar surface area (TPSA) is 206 Å². The Bertz CT molecular complexity index is 777. The monoisotopic (exact) mass is 436 g/mol. The first-order valence-electron chi connectivity index (χ1n) is 9.93. The molecular weight excluding hydrogens is 404 g/mol. The number of aliphatic imine (C=N–C) groups is 1. The van der Waals surface area contributed by atoms with Crippen molar-refractivity contribution in [3.8, 4) is 5.75 Å². The third kappa shape index (κ3) is 9.34. The number of nitrogens with two attached hydrogens (primary N) is 3. The van der Waals surface area contributed by atoms with Gasteiger partial charge in [0.05, 0.1) is 6.04 Å². The summed E-state index contributed by atoms with van der Waals surface area (Å²) in [6, 6.07) is 3.05. The lowest BCUT2D eigenvalue weighted by atomic mass is 10.0. The summed E-state index contributed by atoms with van der Waals surface area (Å²) in [5, 5.41) is 23.9. The zero-order valence-electron chi connectivity index (χ0n) is 17.7. The fourth-order valence-electron chi connectivity index (χ4n) is 2.77. The maximum Gasteiger partial charge on any atom is 0.326 e. The molecule has 31 heavy (non-hydrogen) atoms. The van der Waals surface area contributed by atoms with Crippen molar-refractivity contribution in [3.63, 3.8) is 0 Å². The molecule has 10 N–H and O–H groups in total. The van der Waals surface area contributed by atoms with Gasteiger partial charge in [0.15, 0.2) is 5.96 Å². The van der Waals surface area contributed by atoms with Crippen molar-refractivity contribution < 1.29 is 24.6 Å². The highest BCUT2D eigenvalue weighted by Crippen LogP contribution is 2.12. The highest BCUT2D eigenvalue weighted by Gasteiger charge is 2.29. The minimum Gasteiger partial charge on any atom is -0.508 e. The van der Waals surface area contributed by atoms with Gasteiger partial charge in [0.2, 0.25) is 11.8 Å². The Morgan fingerprint density at radius 1 is 1.06 bits per heavy atom. The Hall–Kier alpha value is -3.34. The number of guanidine groups is 1. The number of nitrogens with one attached hydrogen (secondary N) is 2. The SMILES string of the molecule is CC(C)C(NC(=O)C(Cc1ccc(O)cc1)NC(=O)C(N)CCCN=C(N)N)C(=O)O. The van der Waals surface area contributed by atoms with Gasteiger partial charge in [0.25, 0.3) is 0 Å². The van der Waals surface area contributed by atoms with Gasteiger partial charge in [-0.15, -0.1) is 0 Å². The molecule has 172 valence electrons. The Balaban J connectivity index is 2.89. The average Bonchev–Trinajstić information content (AvgIpc) is 2.69. The molecule has 0 fully saturated rings. The summed E-state index contributed by atoms with van der Waals surface area (Å²) in [6.45, 7) is 3.65. The lowest BCUT2D eigenvalue weighted by molar-refractivity contribution is -0.143.